The minimum absolute atomic E-state index is 0.0184. The average Bonchev–Trinajstić information content (AvgIpc) is 3.03. The van der Waals surface area contributed by atoms with E-state index in [0.29, 0.717) is 17.8 Å². The van der Waals surface area contributed by atoms with E-state index in [-0.39, 0.29) is 29.6 Å². The fourth-order valence-corrected chi connectivity index (χ4v) is 6.95. The van der Waals surface area contributed by atoms with Crippen LogP contribution in [0, 0.1) is 23.7 Å². The van der Waals surface area contributed by atoms with E-state index in [1.54, 1.807) is 6.92 Å². The van der Waals surface area contributed by atoms with Crippen molar-refractivity contribution in [2.24, 2.45) is 23.7 Å². The van der Waals surface area contributed by atoms with Gasteiger partial charge in [-0.1, -0.05) is 19.8 Å². The van der Waals surface area contributed by atoms with Gasteiger partial charge >= 0.3 is 5.97 Å². The Morgan fingerprint density at radius 2 is 1.88 bits per heavy atom. The summed E-state index contributed by atoms with van der Waals surface area (Å²) in [4.78, 5) is 11.8. The largest absolute Gasteiger partial charge is 0.459 e. The summed E-state index contributed by atoms with van der Waals surface area (Å²) in [6.07, 6.45) is 10.6. The quantitative estimate of drug-likeness (QED) is 0.499. The van der Waals surface area contributed by atoms with Crippen LogP contribution >= 0.6 is 0 Å². The fourth-order valence-electron chi connectivity index (χ4n) is 6.95. The Morgan fingerprint density at radius 1 is 1.15 bits per heavy atom. The van der Waals surface area contributed by atoms with Gasteiger partial charge in [0.15, 0.2) is 6.29 Å². The maximum absolute atomic E-state index is 11.8. The number of carbonyl (C=O) groups is 1. The second kappa shape index (κ2) is 6.77. The van der Waals surface area contributed by atoms with Gasteiger partial charge in [0.1, 0.15) is 5.60 Å². The van der Waals surface area contributed by atoms with Gasteiger partial charge in [0.25, 0.3) is 0 Å². The maximum Gasteiger partial charge on any atom is 0.303 e. The minimum atomic E-state index is -0.362. The number of esters is 1. The van der Waals surface area contributed by atoms with Gasteiger partial charge in [-0.2, -0.15) is 0 Å². The topological polar surface area (TPSA) is 44.8 Å². The first kappa shape index (κ1) is 18.7. The predicted molar refractivity (Wildman–Crippen MR) is 99.5 cm³/mol. The van der Waals surface area contributed by atoms with Crippen LogP contribution in [0.5, 0.6) is 0 Å². The number of carbonyl (C=O) groups excluding carboxylic acids is 1. The van der Waals surface area contributed by atoms with Crippen LogP contribution in [0.4, 0.5) is 0 Å². The Morgan fingerprint density at radius 3 is 2.54 bits per heavy atom. The molecular formula is C22H36O4. The summed E-state index contributed by atoms with van der Waals surface area (Å²) in [5, 5.41) is 0. The highest BCUT2D eigenvalue weighted by Gasteiger charge is 2.62. The lowest BCUT2D eigenvalue weighted by Crippen LogP contribution is -2.64. The Balaban J connectivity index is 1.48. The Hall–Kier alpha value is -0.610. The van der Waals surface area contributed by atoms with E-state index < -0.39 is 0 Å². The highest BCUT2D eigenvalue weighted by molar-refractivity contribution is 5.66. The molecule has 0 aromatic heterocycles. The molecule has 5 saturated carbocycles. The van der Waals surface area contributed by atoms with Crippen LogP contribution < -0.4 is 0 Å². The third-order valence-electron chi connectivity index (χ3n) is 8.12. The highest BCUT2D eigenvalue weighted by atomic mass is 16.7. The molecule has 26 heavy (non-hydrogen) atoms. The molecular weight excluding hydrogens is 328 g/mol. The van der Waals surface area contributed by atoms with Crippen LogP contribution in [-0.4, -0.2) is 29.6 Å². The van der Waals surface area contributed by atoms with Crippen molar-refractivity contribution in [2.75, 3.05) is 0 Å². The molecule has 5 rings (SSSR count). The van der Waals surface area contributed by atoms with Crippen molar-refractivity contribution in [3.8, 4) is 0 Å². The first-order valence-electron chi connectivity index (χ1n) is 10.9. The number of hydrogen-bond acceptors (Lipinski definition) is 4. The fraction of sp³-hybridized carbons (Fsp3) is 0.955. The molecule has 4 nitrogen and oxygen atoms in total. The molecule has 7 atom stereocenters. The molecule has 148 valence electrons. The number of hydrogen-bond donors (Lipinski definition) is 0. The molecule has 0 amide bonds. The summed E-state index contributed by atoms with van der Waals surface area (Å²) < 4.78 is 19.0. The van der Waals surface area contributed by atoms with E-state index in [9.17, 15) is 4.79 Å². The Kier molecular flexibility index (Phi) is 4.88. The summed E-state index contributed by atoms with van der Waals surface area (Å²) in [6.45, 7) is 8.01. The number of rotatable bonds is 6. The molecule has 5 fully saturated rings. The van der Waals surface area contributed by atoms with Crippen LogP contribution in [-0.2, 0) is 19.0 Å². The van der Waals surface area contributed by atoms with Gasteiger partial charge in [-0.05, 0) is 76.5 Å². The molecule has 5 aliphatic carbocycles. The highest BCUT2D eigenvalue weighted by Crippen LogP contribution is 2.60. The third kappa shape index (κ3) is 3.11. The molecule has 0 radical (unpaired) electrons. The smallest absolute Gasteiger partial charge is 0.303 e. The van der Waals surface area contributed by atoms with Gasteiger partial charge in [0.05, 0.1) is 11.7 Å². The molecule has 5 aliphatic rings. The lowest BCUT2D eigenvalue weighted by atomic mass is 9.49. The van der Waals surface area contributed by atoms with Crippen molar-refractivity contribution in [1.29, 1.82) is 0 Å². The van der Waals surface area contributed by atoms with Crippen molar-refractivity contribution < 1.29 is 19.0 Å². The normalized spacial score (nSPS) is 44.2. The predicted octanol–water partition coefficient (Wildman–Crippen LogP) is 4.84. The molecule has 4 bridgehead atoms. The van der Waals surface area contributed by atoms with Crippen LogP contribution in [0.2, 0.25) is 0 Å². The van der Waals surface area contributed by atoms with Crippen LogP contribution in [0.15, 0.2) is 0 Å². The van der Waals surface area contributed by atoms with Gasteiger partial charge in [0, 0.05) is 12.8 Å². The molecule has 0 aromatic carbocycles. The molecule has 0 aromatic rings. The van der Waals surface area contributed by atoms with E-state index in [1.807, 2.05) is 0 Å². The minimum Gasteiger partial charge on any atom is -0.459 e. The van der Waals surface area contributed by atoms with E-state index in [4.69, 9.17) is 14.2 Å². The maximum atomic E-state index is 11.8. The van der Waals surface area contributed by atoms with E-state index in [1.165, 1.54) is 25.7 Å². The standard InChI is InChI=1S/C22H36O4/c1-5-22(8-6-7-9-22)26-15(3)24-20-17-10-16-11-18(13-17)21(4,19(20)12-16)25-14(2)23/h15-20H,5-13H2,1-4H3/t15-,16?,17?,18?,19?,20?,21?/m1/s1. The molecule has 4 heteroatoms. The molecule has 0 spiro atoms. The summed E-state index contributed by atoms with van der Waals surface area (Å²) in [5.41, 5.74) is -0.343. The summed E-state index contributed by atoms with van der Waals surface area (Å²) in [5.74, 6) is 2.06. The number of ether oxygens (including phenoxy) is 3. The van der Waals surface area contributed by atoms with E-state index in [2.05, 4.69) is 20.8 Å². The zero-order valence-corrected chi connectivity index (χ0v) is 17.0. The molecule has 6 unspecified atom stereocenters. The van der Waals surface area contributed by atoms with Gasteiger partial charge < -0.3 is 14.2 Å². The second-order valence-corrected chi connectivity index (χ2v) is 9.68. The summed E-state index contributed by atoms with van der Waals surface area (Å²) in [7, 11) is 0. The van der Waals surface area contributed by atoms with E-state index in [0.717, 1.165) is 38.0 Å². The summed E-state index contributed by atoms with van der Waals surface area (Å²) in [6, 6.07) is 0. The molecule has 0 heterocycles. The Labute approximate surface area is 158 Å². The van der Waals surface area contributed by atoms with Gasteiger partial charge in [-0.15, -0.1) is 0 Å². The zero-order chi connectivity index (χ0) is 18.5. The lowest BCUT2D eigenvalue weighted by Gasteiger charge is -2.62. The van der Waals surface area contributed by atoms with E-state index >= 15 is 0 Å². The van der Waals surface area contributed by atoms with Crippen LogP contribution in [0.3, 0.4) is 0 Å². The van der Waals surface area contributed by atoms with Gasteiger partial charge in [-0.3, -0.25) is 4.79 Å². The van der Waals surface area contributed by atoms with Crippen LogP contribution in [0.25, 0.3) is 0 Å². The summed E-state index contributed by atoms with van der Waals surface area (Å²) >= 11 is 0. The molecule has 0 saturated heterocycles. The first-order valence-corrected chi connectivity index (χ1v) is 10.9. The van der Waals surface area contributed by atoms with Crippen molar-refractivity contribution in [3.05, 3.63) is 0 Å². The third-order valence-corrected chi connectivity index (χ3v) is 8.12. The van der Waals surface area contributed by atoms with Crippen molar-refractivity contribution in [2.45, 2.75) is 109 Å². The molecule has 0 N–H and O–H groups in total. The molecule has 0 aliphatic heterocycles. The average molecular weight is 365 g/mol. The van der Waals surface area contributed by atoms with Crippen LogP contribution in [0.1, 0.15) is 85.5 Å². The van der Waals surface area contributed by atoms with Crippen molar-refractivity contribution >= 4 is 5.97 Å². The van der Waals surface area contributed by atoms with Crippen molar-refractivity contribution in [3.63, 3.8) is 0 Å². The van der Waals surface area contributed by atoms with Gasteiger partial charge in [-0.25, -0.2) is 0 Å². The van der Waals surface area contributed by atoms with Gasteiger partial charge in [0.2, 0.25) is 0 Å². The lowest BCUT2D eigenvalue weighted by molar-refractivity contribution is -0.289. The first-order chi connectivity index (χ1) is 12.3. The monoisotopic (exact) mass is 364 g/mol. The van der Waals surface area contributed by atoms with Crippen molar-refractivity contribution in [1.82, 2.24) is 0 Å². The SMILES string of the molecule is CCC1(O[C@H](C)OC2C3CC4CC(C3)C(C)(OC(C)=O)C2C4)CCCC1. The second-order valence-electron chi connectivity index (χ2n) is 9.68. The Bertz CT molecular complexity index is 540. The zero-order valence-electron chi connectivity index (χ0n) is 17.0.